The van der Waals surface area contributed by atoms with E-state index in [4.69, 9.17) is 4.74 Å². The lowest BCUT2D eigenvalue weighted by atomic mass is 10.0. The standard InChI is InChI=1S/C17H20N2O/c1-14(19-10-12-20-13-11-19)15-2-4-16(5-3-15)17-6-8-18-9-7-17/h2-9,14H,10-13H2,1H3/t14-/m0/s1. The first-order valence-corrected chi connectivity index (χ1v) is 7.17. The summed E-state index contributed by atoms with van der Waals surface area (Å²) in [6, 6.07) is 13.4. The predicted molar refractivity (Wildman–Crippen MR) is 80.5 cm³/mol. The van der Waals surface area contributed by atoms with E-state index in [9.17, 15) is 0 Å². The topological polar surface area (TPSA) is 25.4 Å². The van der Waals surface area contributed by atoms with Gasteiger partial charge in [-0.1, -0.05) is 24.3 Å². The zero-order valence-electron chi connectivity index (χ0n) is 11.8. The van der Waals surface area contributed by atoms with Crippen molar-refractivity contribution >= 4 is 0 Å². The van der Waals surface area contributed by atoms with Gasteiger partial charge >= 0.3 is 0 Å². The molecule has 1 aliphatic rings. The summed E-state index contributed by atoms with van der Waals surface area (Å²) >= 11 is 0. The number of aromatic nitrogens is 1. The Hall–Kier alpha value is -1.71. The third-order valence-electron chi connectivity index (χ3n) is 4.00. The molecule has 3 nitrogen and oxygen atoms in total. The number of rotatable bonds is 3. The van der Waals surface area contributed by atoms with Crippen LogP contribution in [0.5, 0.6) is 0 Å². The Morgan fingerprint density at radius 3 is 2.20 bits per heavy atom. The van der Waals surface area contributed by atoms with Crippen molar-refractivity contribution in [3.05, 3.63) is 54.4 Å². The van der Waals surface area contributed by atoms with Gasteiger partial charge in [-0.15, -0.1) is 0 Å². The van der Waals surface area contributed by atoms with E-state index in [0.29, 0.717) is 6.04 Å². The molecular weight excluding hydrogens is 248 g/mol. The highest BCUT2D eigenvalue weighted by atomic mass is 16.5. The van der Waals surface area contributed by atoms with E-state index >= 15 is 0 Å². The molecule has 0 spiro atoms. The summed E-state index contributed by atoms with van der Waals surface area (Å²) in [5, 5.41) is 0. The summed E-state index contributed by atoms with van der Waals surface area (Å²) in [5.41, 5.74) is 3.82. The van der Waals surface area contributed by atoms with Gasteiger partial charge in [0.05, 0.1) is 13.2 Å². The van der Waals surface area contributed by atoms with Crippen LogP contribution >= 0.6 is 0 Å². The number of hydrogen-bond donors (Lipinski definition) is 0. The van der Waals surface area contributed by atoms with Gasteiger partial charge in [-0.2, -0.15) is 0 Å². The summed E-state index contributed by atoms with van der Waals surface area (Å²) in [4.78, 5) is 6.54. The van der Waals surface area contributed by atoms with Crippen LogP contribution in [0.2, 0.25) is 0 Å². The summed E-state index contributed by atoms with van der Waals surface area (Å²) in [7, 11) is 0. The number of benzene rings is 1. The van der Waals surface area contributed by atoms with Crippen LogP contribution in [0.3, 0.4) is 0 Å². The Morgan fingerprint density at radius 2 is 1.55 bits per heavy atom. The van der Waals surface area contributed by atoms with Gasteiger partial charge in [0.2, 0.25) is 0 Å². The largest absolute Gasteiger partial charge is 0.379 e. The van der Waals surface area contributed by atoms with Gasteiger partial charge in [-0.05, 0) is 35.7 Å². The van der Waals surface area contributed by atoms with Crippen LogP contribution in [0.1, 0.15) is 18.5 Å². The van der Waals surface area contributed by atoms with Gasteiger partial charge < -0.3 is 4.74 Å². The Bertz CT molecular complexity index is 533. The summed E-state index contributed by atoms with van der Waals surface area (Å²) in [5.74, 6) is 0. The van der Waals surface area contributed by atoms with Gasteiger partial charge in [0.25, 0.3) is 0 Å². The van der Waals surface area contributed by atoms with Crippen LogP contribution in [0.15, 0.2) is 48.8 Å². The lowest BCUT2D eigenvalue weighted by Gasteiger charge is -2.32. The highest BCUT2D eigenvalue weighted by Gasteiger charge is 2.18. The Labute approximate surface area is 120 Å². The lowest BCUT2D eigenvalue weighted by molar-refractivity contribution is 0.0198. The smallest absolute Gasteiger partial charge is 0.0594 e. The maximum atomic E-state index is 5.42. The Balaban J connectivity index is 1.75. The molecule has 1 atom stereocenters. The molecule has 3 heteroatoms. The molecule has 0 bridgehead atoms. The molecule has 2 heterocycles. The van der Waals surface area contributed by atoms with Crippen LogP contribution in [0, 0.1) is 0 Å². The predicted octanol–water partition coefficient (Wildman–Crippen LogP) is 3.14. The average molecular weight is 268 g/mol. The van der Waals surface area contributed by atoms with E-state index in [0.717, 1.165) is 26.3 Å². The highest BCUT2D eigenvalue weighted by Crippen LogP contribution is 2.24. The van der Waals surface area contributed by atoms with Crippen molar-refractivity contribution in [2.75, 3.05) is 26.3 Å². The molecule has 0 unspecified atom stereocenters. The minimum Gasteiger partial charge on any atom is -0.379 e. The van der Waals surface area contributed by atoms with E-state index in [1.165, 1.54) is 16.7 Å². The van der Waals surface area contributed by atoms with Crippen molar-refractivity contribution in [1.29, 1.82) is 0 Å². The van der Waals surface area contributed by atoms with Crippen molar-refractivity contribution in [1.82, 2.24) is 9.88 Å². The third-order valence-corrected chi connectivity index (χ3v) is 4.00. The fourth-order valence-electron chi connectivity index (χ4n) is 2.67. The van der Waals surface area contributed by atoms with Gasteiger partial charge in [0.15, 0.2) is 0 Å². The summed E-state index contributed by atoms with van der Waals surface area (Å²) in [6.45, 7) is 6.01. The van der Waals surface area contributed by atoms with Gasteiger partial charge in [0, 0.05) is 31.5 Å². The monoisotopic (exact) mass is 268 g/mol. The molecule has 2 aromatic rings. The molecule has 1 saturated heterocycles. The first kappa shape index (κ1) is 13.3. The van der Waals surface area contributed by atoms with E-state index in [1.54, 1.807) is 0 Å². The Kier molecular flexibility index (Phi) is 4.09. The van der Waals surface area contributed by atoms with E-state index in [2.05, 4.69) is 41.1 Å². The fourth-order valence-corrected chi connectivity index (χ4v) is 2.67. The second-order valence-corrected chi connectivity index (χ2v) is 5.18. The maximum absolute atomic E-state index is 5.42. The molecule has 0 amide bonds. The zero-order chi connectivity index (χ0) is 13.8. The number of hydrogen-bond acceptors (Lipinski definition) is 3. The number of morpholine rings is 1. The fraction of sp³-hybridized carbons (Fsp3) is 0.353. The highest BCUT2D eigenvalue weighted by molar-refractivity contribution is 5.62. The molecule has 0 saturated carbocycles. The summed E-state index contributed by atoms with van der Waals surface area (Å²) in [6.07, 6.45) is 3.67. The van der Waals surface area contributed by atoms with Crippen LogP contribution in [-0.4, -0.2) is 36.2 Å². The third kappa shape index (κ3) is 2.89. The molecule has 0 aliphatic carbocycles. The number of ether oxygens (including phenoxy) is 1. The first-order valence-electron chi connectivity index (χ1n) is 7.17. The SMILES string of the molecule is C[C@@H](c1ccc(-c2ccncc2)cc1)N1CCOCC1. The van der Waals surface area contributed by atoms with Crippen LogP contribution in [0.25, 0.3) is 11.1 Å². The minimum atomic E-state index is 0.449. The van der Waals surface area contributed by atoms with Gasteiger partial charge in [-0.3, -0.25) is 9.88 Å². The van der Waals surface area contributed by atoms with E-state index in [1.807, 2.05) is 24.5 Å². The molecule has 104 valence electrons. The normalized spacial score (nSPS) is 17.9. The minimum absolute atomic E-state index is 0.449. The van der Waals surface area contributed by atoms with Gasteiger partial charge in [-0.25, -0.2) is 0 Å². The van der Waals surface area contributed by atoms with Crippen LogP contribution in [-0.2, 0) is 4.74 Å². The molecule has 0 N–H and O–H groups in total. The molecule has 1 aromatic carbocycles. The molecule has 1 aliphatic heterocycles. The number of nitrogens with zero attached hydrogens (tertiary/aromatic N) is 2. The zero-order valence-corrected chi connectivity index (χ0v) is 11.8. The molecule has 20 heavy (non-hydrogen) atoms. The first-order chi connectivity index (χ1) is 9.84. The van der Waals surface area contributed by atoms with Crippen molar-refractivity contribution in [2.24, 2.45) is 0 Å². The Morgan fingerprint density at radius 1 is 0.950 bits per heavy atom. The number of pyridine rings is 1. The van der Waals surface area contributed by atoms with E-state index < -0.39 is 0 Å². The van der Waals surface area contributed by atoms with Crippen molar-refractivity contribution in [3.63, 3.8) is 0 Å². The van der Waals surface area contributed by atoms with Crippen molar-refractivity contribution in [2.45, 2.75) is 13.0 Å². The second kappa shape index (κ2) is 6.16. The second-order valence-electron chi connectivity index (χ2n) is 5.18. The molecule has 1 aromatic heterocycles. The van der Waals surface area contributed by atoms with Crippen LogP contribution in [0.4, 0.5) is 0 Å². The van der Waals surface area contributed by atoms with Crippen LogP contribution < -0.4 is 0 Å². The lowest BCUT2D eigenvalue weighted by Crippen LogP contribution is -2.37. The maximum Gasteiger partial charge on any atom is 0.0594 e. The quantitative estimate of drug-likeness (QED) is 0.855. The molecular formula is C17H20N2O. The summed E-state index contributed by atoms with van der Waals surface area (Å²) < 4.78 is 5.42. The molecule has 3 rings (SSSR count). The van der Waals surface area contributed by atoms with E-state index in [-0.39, 0.29) is 0 Å². The average Bonchev–Trinajstić information content (AvgIpc) is 2.56. The van der Waals surface area contributed by atoms with Crippen molar-refractivity contribution < 1.29 is 4.74 Å². The molecule has 1 fully saturated rings. The van der Waals surface area contributed by atoms with Gasteiger partial charge in [0.1, 0.15) is 0 Å². The molecule has 0 radical (unpaired) electrons. The van der Waals surface area contributed by atoms with Crippen molar-refractivity contribution in [3.8, 4) is 11.1 Å².